The minimum atomic E-state index is -1.01. The summed E-state index contributed by atoms with van der Waals surface area (Å²) in [5.74, 6) is -1.40. The Bertz CT molecular complexity index is 1340. The second-order valence-corrected chi connectivity index (χ2v) is 7.99. The van der Waals surface area contributed by atoms with Crippen molar-refractivity contribution in [2.75, 3.05) is 4.90 Å². The van der Waals surface area contributed by atoms with E-state index in [4.69, 9.17) is 12.2 Å². The van der Waals surface area contributed by atoms with E-state index in [1.807, 2.05) is 47.2 Å². The highest BCUT2D eigenvalue weighted by atomic mass is 32.1. The first kappa shape index (κ1) is 20.8. The van der Waals surface area contributed by atoms with Crippen LogP contribution in [0, 0.1) is 5.82 Å². The Morgan fingerprint density at radius 1 is 1.03 bits per heavy atom. The Balaban J connectivity index is 1.68. The van der Waals surface area contributed by atoms with Crippen molar-refractivity contribution in [3.63, 3.8) is 0 Å². The summed E-state index contributed by atoms with van der Waals surface area (Å²) in [6.07, 6.45) is 3.56. The third kappa shape index (κ3) is 3.74. The van der Waals surface area contributed by atoms with Crippen LogP contribution in [0.4, 0.5) is 10.1 Å². The number of para-hydroxylation sites is 1. The van der Waals surface area contributed by atoms with Gasteiger partial charge in [-0.25, -0.2) is 9.18 Å². The number of thiocarbonyl (C=S) groups is 1. The third-order valence-corrected chi connectivity index (χ3v) is 5.98. The highest BCUT2D eigenvalue weighted by molar-refractivity contribution is 7.80. The number of halogens is 1. The number of nitrogens with one attached hydrogen (secondary N) is 1. The number of carboxylic acids is 1. The molecule has 1 aliphatic heterocycles. The van der Waals surface area contributed by atoms with E-state index in [0.29, 0.717) is 16.5 Å². The van der Waals surface area contributed by atoms with Crippen LogP contribution < -0.4 is 10.2 Å². The summed E-state index contributed by atoms with van der Waals surface area (Å²) in [5.41, 5.74) is 2.78. The molecule has 5 rings (SSSR count). The quantitative estimate of drug-likeness (QED) is 0.415. The standard InChI is InChI=1S/C25H19FN4O2S/c26-18-9-1-2-11-20(18)30-23(22(28-25(30)33)19-10-3-4-13-27-19)21-12-6-14-29(21)17-8-5-7-16(15-17)24(31)32/h1-15,22-23H,(H,28,33)(H,31,32). The molecule has 2 atom stereocenters. The molecule has 0 saturated carbocycles. The van der Waals surface area contributed by atoms with Crippen molar-refractivity contribution >= 4 is 29.0 Å². The molecule has 1 aliphatic rings. The van der Waals surface area contributed by atoms with Crippen LogP contribution in [0.2, 0.25) is 0 Å². The SMILES string of the molecule is O=C(O)c1cccc(-n2cccc2C2C(c3ccccn3)NC(=S)N2c2ccccc2F)c1. The maximum atomic E-state index is 14.9. The van der Waals surface area contributed by atoms with Crippen molar-refractivity contribution in [1.29, 1.82) is 0 Å². The van der Waals surface area contributed by atoms with Gasteiger partial charge in [0.2, 0.25) is 0 Å². The molecule has 1 fully saturated rings. The fraction of sp³-hybridized carbons (Fsp3) is 0.0800. The van der Waals surface area contributed by atoms with Gasteiger partial charge in [0, 0.05) is 23.8 Å². The Morgan fingerprint density at radius 2 is 1.85 bits per heavy atom. The molecule has 2 unspecified atom stereocenters. The van der Waals surface area contributed by atoms with Crippen molar-refractivity contribution in [2.24, 2.45) is 0 Å². The molecule has 6 nitrogen and oxygen atoms in total. The van der Waals surface area contributed by atoms with Crippen LogP contribution >= 0.6 is 12.2 Å². The largest absolute Gasteiger partial charge is 0.478 e. The molecule has 8 heteroatoms. The summed E-state index contributed by atoms with van der Waals surface area (Å²) in [6, 6.07) is 21.8. The van der Waals surface area contributed by atoms with Crippen LogP contribution in [0.15, 0.2) is 91.3 Å². The van der Waals surface area contributed by atoms with E-state index in [2.05, 4.69) is 10.3 Å². The van der Waals surface area contributed by atoms with Gasteiger partial charge < -0.3 is 19.9 Å². The van der Waals surface area contributed by atoms with Crippen molar-refractivity contribution in [3.8, 4) is 5.69 Å². The lowest BCUT2D eigenvalue weighted by Gasteiger charge is -2.29. The van der Waals surface area contributed by atoms with Gasteiger partial charge in [-0.15, -0.1) is 0 Å². The van der Waals surface area contributed by atoms with Gasteiger partial charge in [-0.1, -0.05) is 24.3 Å². The monoisotopic (exact) mass is 458 g/mol. The number of hydrogen-bond acceptors (Lipinski definition) is 3. The van der Waals surface area contributed by atoms with E-state index in [1.54, 1.807) is 47.5 Å². The number of carbonyl (C=O) groups is 1. The van der Waals surface area contributed by atoms with Gasteiger partial charge in [-0.2, -0.15) is 0 Å². The van der Waals surface area contributed by atoms with Crippen LogP contribution in [0.25, 0.3) is 5.69 Å². The lowest BCUT2D eigenvalue weighted by molar-refractivity contribution is 0.0697. The van der Waals surface area contributed by atoms with Crippen molar-refractivity contribution < 1.29 is 14.3 Å². The number of pyridine rings is 1. The molecule has 2 aromatic carbocycles. The van der Waals surface area contributed by atoms with Crippen LogP contribution in [-0.4, -0.2) is 25.7 Å². The topological polar surface area (TPSA) is 70.4 Å². The summed E-state index contributed by atoms with van der Waals surface area (Å²) >= 11 is 5.66. The lowest BCUT2D eigenvalue weighted by Crippen LogP contribution is -2.31. The Hall–Kier alpha value is -4.04. The predicted molar refractivity (Wildman–Crippen MR) is 127 cm³/mol. The minimum Gasteiger partial charge on any atom is -0.478 e. The zero-order chi connectivity index (χ0) is 22.9. The molecule has 4 aromatic rings. The maximum Gasteiger partial charge on any atom is 0.335 e. The van der Waals surface area contributed by atoms with Crippen molar-refractivity contribution in [3.05, 3.63) is 114 Å². The van der Waals surface area contributed by atoms with Crippen molar-refractivity contribution in [1.82, 2.24) is 14.9 Å². The van der Waals surface area contributed by atoms with Crippen LogP contribution in [0.3, 0.4) is 0 Å². The second kappa shape index (κ2) is 8.48. The van der Waals surface area contributed by atoms with E-state index in [0.717, 1.165) is 11.4 Å². The Morgan fingerprint density at radius 3 is 2.61 bits per heavy atom. The van der Waals surface area contributed by atoms with E-state index >= 15 is 0 Å². The van der Waals surface area contributed by atoms with Crippen molar-refractivity contribution in [2.45, 2.75) is 12.1 Å². The first-order chi connectivity index (χ1) is 16.0. The molecule has 0 aliphatic carbocycles. The molecule has 1 saturated heterocycles. The van der Waals surface area contributed by atoms with E-state index < -0.39 is 12.0 Å². The Labute approximate surface area is 194 Å². The van der Waals surface area contributed by atoms with E-state index in [-0.39, 0.29) is 17.4 Å². The number of benzene rings is 2. The molecular formula is C25H19FN4O2S. The number of aromatic nitrogens is 2. The zero-order valence-corrected chi connectivity index (χ0v) is 18.1. The van der Waals surface area contributed by atoms with Gasteiger partial charge in [-0.05, 0) is 66.8 Å². The third-order valence-electron chi connectivity index (χ3n) is 5.66. The summed E-state index contributed by atoms with van der Waals surface area (Å²) in [6.45, 7) is 0. The highest BCUT2D eigenvalue weighted by Gasteiger charge is 2.43. The fourth-order valence-electron chi connectivity index (χ4n) is 4.22. The normalized spacial score (nSPS) is 17.7. The molecule has 0 radical (unpaired) electrons. The molecule has 2 N–H and O–H groups in total. The Kier molecular flexibility index (Phi) is 5.35. The molecule has 0 amide bonds. The number of nitrogens with zero attached hydrogens (tertiary/aromatic N) is 3. The molecule has 33 heavy (non-hydrogen) atoms. The minimum absolute atomic E-state index is 0.180. The fourth-order valence-corrected chi connectivity index (χ4v) is 4.56. The summed E-state index contributed by atoms with van der Waals surface area (Å²) in [7, 11) is 0. The molecule has 3 heterocycles. The van der Waals surface area contributed by atoms with E-state index in [9.17, 15) is 14.3 Å². The van der Waals surface area contributed by atoms with Crippen LogP contribution in [0.5, 0.6) is 0 Å². The molecule has 164 valence electrons. The van der Waals surface area contributed by atoms with Gasteiger partial charge in [0.05, 0.1) is 23.0 Å². The average Bonchev–Trinajstić information content (AvgIpc) is 3.44. The van der Waals surface area contributed by atoms with E-state index in [1.165, 1.54) is 6.07 Å². The molecule has 0 bridgehead atoms. The maximum absolute atomic E-state index is 14.9. The second-order valence-electron chi connectivity index (χ2n) is 7.61. The smallest absolute Gasteiger partial charge is 0.335 e. The lowest BCUT2D eigenvalue weighted by atomic mass is 10.0. The highest BCUT2D eigenvalue weighted by Crippen LogP contribution is 2.42. The van der Waals surface area contributed by atoms with Crippen LogP contribution in [0.1, 0.15) is 33.8 Å². The molecular weight excluding hydrogens is 439 g/mol. The van der Waals surface area contributed by atoms with Crippen LogP contribution in [-0.2, 0) is 0 Å². The number of rotatable bonds is 5. The van der Waals surface area contributed by atoms with Gasteiger partial charge in [0.25, 0.3) is 0 Å². The average molecular weight is 459 g/mol. The first-order valence-corrected chi connectivity index (χ1v) is 10.7. The molecule has 2 aromatic heterocycles. The van der Waals surface area contributed by atoms with Gasteiger partial charge in [0.1, 0.15) is 11.9 Å². The summed E-state index contributed by atoms with van der Waals surface area (Å²) in [5, 5.41) is 13.1. The number of aromatic carboxylic acids is 1. The number of carboxylic acid groups (broad SMARTS) is 1. The number of anilines is 1. The summed E-state index contributed by atoms with van der Waals surface area (Å²) < 4.78 is 16.8. The summed E-state index contributed by atoms with van der Waals surface area (Å²) in [4.78, 5) is 17.8. The molecule has 0 spiro atoms. The predicted octanol–water partition coefficient (Wildman–Crippen LogP) is 4.89. The van der Waals surface area contributed by atoms with Gasteiger partial charge >= 0.3 is 5.97 Å². The van der Waals surface area contributed by atoms with Gasteiger partial charge in [0.15, 0.2) is 5.11 Å². The first-order valence-electron chi connectivity index (χ1n) is 10.3. The zero-order valence-electron chi connectivity index (χ0n) is 17.3. The van der Waals surface area contributed by atoms with Gasteiger partial charge in [-0.3, -0.25) is 4.98 Å². The number of hydrogen-bond donors (Lipinski definition) is 2.